The van der Waals surface area contributed by atoms with Crippen molar-refractivity contribution in [2.24, 2.45) is 0 Å². The summed E-state index contributed by atoms with van der Waals surface area (Å²) in [5.41, 5.74) is 0. The third-order valence-electron chi connectivity index (χ3n) is 3.97. The van der Waals surface area contributed by atoms with E-state index in [9.17, 15) is 12.8 Å². The van der Waals surface area contributed by atoms with E-state index in [1.54, 1.807) is 36.4 Å². The van der Waals surface area contributed by atoms with Gasteiger partial charge in [0.15, 0.2) is 20.8 Å². The molecule has 1 aromatic heterocycles. The van der Waals surface area contributed by atoms with Gasteiger partial charge in [-0.2, -0.15) is 0 Å². The molecule has 3 aromatic rings. The molecule has 0 saturated carbocycles. The normalized spacial score (nSPS) is 11.3. The van der Waals surface area contributed by atoms with E-state index in [0.717, 1.165) is 0 Å². The zero-order valence-corrected chi connectivity index (χ0v) is 17.2. The maximum Gasteiger partial charge on any atom is 0.191 e. The summed E-state index contributed by atoms with van der Waals surface area (Å²) in [5.74, 6) is 1.08. The SMILES string of the molecule is C=CCn1c(COc2ccc(F)cc2)nnc1SCCS(=O)(=O)c1ccccc1. The van der Waals surface area contributed by atoms with E-state index in [1.807, 2.05) is 4.57 Å². The molecule has 2 aromatic carbocycles. The summed E-state index contributed by atoms with van der Waals surface area (Å²) in [6, 6.07) is 14.1. The molecule has 0 amide bonds. The molecule has 0 saturated heterocycles. The standard InChI is InChI=1S/C20H20FN3O3S2/c1-2-12-24-19(15-27-17-10-8-16(21)9-11-17)22-23-20(24)28-13-14-29(25,26)18-6-4-3-5-7-18/h2-11H,1,12-15H2. The van der Waals surface area contributed by atoms with Crippen LogP contribution in [0.25, 0.3) is 0 Å². The Morgan fingerprint density at radius 3 is 2.52 bits per heavy atom. The van der Waals surface area contributed by atoms with E-state index in [4.69, 9.17) is 4.74 Å². The van der Waals surface area contributed by atoms with E-state index < -0.39 is 9.84 Å². The highest BCUT2D eigenvalue weighted by Gasteiger charge is 2.17. The number of sulfone groups is 1. The molecule has 6 nitrogen and oxygen atoms in total. The number of thioether (sulfide) groups is 1. The monoisotopic (exact) mass is 433 g/mol. The molecule has 152 valence electrons. The van der Waals surface area contributed by atoms with Crippen molar-refractivity contribution in [1.29, 1.82) is 0 Å². The molecule has 29 heavy (non-hydrogen) atoms. The molecular formula is C20H20FN3O3S2. The Hall–Kier alpha value is -2.65. The summed E-state index contributed by atoms with van der Waals surface area (Å²) in [4.78, 5) is 0.307. The van der Waals surface area contributed by atoms with Crippen LogP contribution in [0, 0.1) is 5.82 Å². The number of ether oxygens (including phenoxy) is 1. The van der Waals surface area contributed by atoms with Crippen molar-refractivity contribution in [3.05, 3.63) is 78.9 Å². The highest BCUT2D eigenvalue weighted by atomic mass is 32.2. The molecule has 0 aliphatic carbocycles. The molecule has 0 fully saturated rings. The van der Waals surface area contributed by atoms with Crippen LogP contribution in [0.4, 0.5) is 4.39 Å². The minimum absolute atomic E-state index is 0.00988. The van der Waals surface area contributed by atoms with Crippen molar-refractivity contribution in [2.45, 2.75) is 23.2 Å². The van der Waals surface area contributed by atoms with E-state index in [2.05, 4.69) is 16.8 Å². The summed E-state index contributed by atoms with van der Waals surface area (Å²) in [6.45, 7) is 4.35. The molecule has 0 aliphatic heterocycles. The Kier molecular flexibility index (Phi) is 7.05. The molecule has 1 heterocycles. The number of rotatable bonds is 10. The lowest BCUT2D eigenvalue weighted by molar-refractivity contribution is 0.288. The summed E-state index contributed by atoms with van der Waals surface area (Å²) in [5, 5.41) is 8.87. The van der Waals surface area contributed by atoms with Gasteiger partial charge in [0, 0.05) is 12.3 Å². The first kappa shape index (κ1) is 21.1. The minimum Gasteiger partial charge on any atom is -0.486 e. The number of aromatic nitrogens is 3. The summed E-state index contributed by atoms with van der Waals surface area (Å²) in [7, 11) is -3.35. The topological polar surface area (TPSA) is 74.1 Å². The van der Waals surface area contributed by atoms with Crippen LogP contribution < -0.4 is 4.74 Å². The first-order valence-electron chi connectivity index (χ1n) is 8.81. The average molecular weight is 434 g/mol. The largest absolute Gasteiger partial charge is 0.486 e. The van der Waals surface area contributed by atoms with Crippen molar-refractivity contribution in [3.63, 3.8) is 0 Å². The number of hydrogen-bond donors (Lipinski definition) is 0. The van der Waals surface area contributed by atoms with Crippen molar-refractivity contribution < 1.29 is 17.5 Å². The molecule has 0 aliphatic rings. The Labute approximate surface area is 173 Å². The number of halogens is 1. The van der Waals surface area contributed by atoms with Crippen LogP contribution in [-0.4, -0.2) is 34.7 Å². The van der Waals surface area contributed by atoms with Crippen LogP contribution in [0.2, 0.25) is 0 Å². The van der Waals surface area contributed by atoms with E-state index in [0.29, 0.717) is 33.9 Å². The van der Waals surface area contributed by atoms with Gasteiger partial charge >= 0.3 is 0 Å². The molecule has 0 spiro atoms. The van der Waals surface area contributed by atoms with Crippen LogP contribution in [0.15, 0.2) is 77.3 Å². The molecular weight excluding hydrogens is 413 g/mol. The summed E-state index contributed by atoms with van der Waals surface area (Å²) >= 11 is 1.31. The number of nitrogens with zero attached hydrogens (tertiary/aromatic N) is 3. The molecule has 0 bridgehead atoms. The van der Waals surface area contributed by atoms with Crippen molar-refractivity contribution in [1.82, 2.24) is 14.8 Å². The van der Waals surface area contributed by atoms with Crippen LogP contribution in [0.3, 0.4) is 0 Å². The fourth-order valence-corrected chi connectivity index (χ4v) is 5.15. The smallest absolute Gasteiger partial charge is 0.191 e. The van der Waals surface area contributed by atoms with Gasteiger partial charge < -0.3 is 4.74 Å². The van der Waals surface area contributed by atoms with E-state index in [1.165, 1.54) is 36.0 Å². The first-order valence-corrected chi connectivity index (χ1v) is 11.5. The lowest BCUT2D eigenvalue weighted by atomic mass is 10.3. The van der Waals surface area contributed by atoms with Crippen molar-refractivity contribution in [2.75, 3.05) is 11.5 Å². The molecule has 0 N–H and O–H groups in total. The highest BCUT2D eigenvalue weighted by molar-refractivity contribution is 8.00. The predicted octanol–water partition coefficient (Wildman–Crippen LogP) is 3.75. The van der Waals surface area contributed by atoms with E-state index in [-0.39, 0.29) is 18.2 Å². The van der Waals surface area contributed by atoms with Gasteiger partial charge in [-0.1, -0.05) is 36.0 Å². The molecule has 0 unspecified atom stereocenters. The third-order valence-corrected chi connectivity index (χ3v) is 6.93. The van der Waals surface area contributed by atoms with Gasteiger partial charge in [-0.25, -0.2) is 12.8 Å². The zero-order valence-electron chi connectivity index (χ0n) is 15.6. The minimum atomic E-state index is -3.35. The maximum atomic E-state index is 13.0. The third kappa shape index (κ3) is 5.68. The number of benzene rings is 2. The Bertz CT molecular complexity index is 1050. The lowest BCUT2D eigenvalue weighted by Crippen LogP contribution is -2.10. The summed E-state index contributed by atoms with van der Waals surface area (Å²) < 4.78 is 45.2. The van der Waals surface area contributed by atoms with Gasteiger partial charge in [0.1, 0.15) is 18.2 Å². The van der Waals surface area contributed by atoms with Crippen LogP contribution in [0.1, 0.15) is 5.82 Å². The van der Waals surface area contributed by atoms with Gasteiger partial charge in [-0.3, -0.25) is 4.57 Å². The van der Waals surface area contributed by atoms with Crippen LogP contribution in [-0.2, 0) is 23.0 Å². The van der Waals surface area contributed by atoms with Gasteiger partial charge in [0.2, 0.25) is 0 Å². The van der Waals surface area contributed by atoms with Gasteiger partial charge in [-0.15, -0.1) is 16.8 Å². The van der Waals surface area contributed by atoms with Crippen molar-refractivity contribution >= 4 is 21.6 Å². The second kappa shape index (κ2) is 9.71. The molecule has 3 rings (SSSR count). The first-order chi connectivity index (χ1) is 14.0. The Balaban J connectivity index is 1.63. The van der Waals surface area contributed by atoms with Crippen molar-refractivity contribution in [3.8, 4) is 5.75 Å². The van der Waals surface area contributed by atoms with E-state index >= 15 is 0 Å². The number of hydrogen-bond acceptors (Lipinski definition) is 6. The Morgan fingerprint density at radius 1 is 1.10 bits per heavy atom. The second-order valence-corrected chi connectivity index (χ2v) is 9.19. The lowest BCUT2D eigenvalue weighted by Gasteiger charge is -2.09. The fraction of sp³-hybridized carbons (Fsp3) is 0.200. The van der Waals surface area contributed by atoms with Gasteiger partial charge in [0.05, 0.1) is 10.6 Å². The summed E-state index contributed by atoms with van der Waals surface area (Å²) in [6.07, 6.45) is 1.70. The predicted molar refractivity (Wildman–Crippen MR) is 110 cm³/mol. The number of allylic oxidation sites excluding steroid dienone is 1. The Morgan fingerprint density at radius 2 is 1.83 bits per heavy atom. The van der Waals surface area contributed by atoms with Gasteiger partial charge in [0.25, 0.3) is 0 Å². The molecule has 0 radical (unpaired) electrons. The van der Waals surface area contributed by atoms with Crippen LogP contribution >= 0.6 is 11.8 Å². The zero-order chi connectivity index (χ0) is 20.7. The quantitative estimate of drug-likeness (QED) is 0.358. The molecule has 9 heteroatoms. The average Bonchev–Trinajstić information content (AvgIpc) is 3.10. The highest BCUT2D eigenvalue weighted by Crippen LogP contribution is 2.21. The maximum absolute atomic E-state index is 13.0. The van der Waals surface area contributed by atoms with Gasteiger partial charge in [-0.05, 0) is 36.4 Å². The second-order valence-electron chi connectivity index (χ2n) is 6.02. The van der Waals surface area contributed by atoms with Crippen LogP contribution in [0.5, 0.6) is 5.75 Å². The fourth-order valence-electron chi connectivity index (χ4n) is 2.51. The molecule has 0 atom stereocenters.